The quantitative estimate of drug-likeness (QED) is 0.0693. The van der Waals surface area contributed by atoms with E-state index in [-0.39, 0.29) is 12.5 Å². The highest BCUT2D eigenvalue weighted by Gasteiger charge is 2.17. The number of allylic oxidation sites excluding steroid dienone is 5. The fraction of sp³-hybridized carbons (Fsp3) is 0.794. The normalized spacial score (nSPS) is 13.7. The second-order valence-corrected chi connectivity index (χ2v) is 10.9. The molecule has 0 saturated carbocycles. The SMILES string of the molecule is CCCCCC/C=C\CCCCCCCC(=O)NC(CO)C(O)/C=C/CC/C=C/CCCCCCCCC. The molecule has 0 fully saturated rings. The fourth-order valence-electron chi connectivity index (χ4n) is 4.54. The van der Waals surface area contributed by atoms with Crippen LogP contribution in [0.3, 0.4) is 0 Å². The summed E-state index contributed by atoms with van der Waals surface area (Å²) in [5.74, 6) is -0.0872. The number of carbonyl (C=O) groups is 1. The molecule has 0 aliphatic rings. The number of hydrogen-bond donors (Lipinski definition) is 3. The smallest absolute Gasteiger partial charge is 0.220 e. The van der Waals surface area contributed by atoms with Crippen molar-refractivity contribution in [2.24, 2.45) is 0 Å². The number of hydrogen-bond acceptors (Lipinski definition) is 3. The van der Waals surface area contributed by atoms with E-state index in [1.165, 1.54) is 89.9 Å². The average molecular weight is 534 g/mol. The maximum absolute atomic E-state index is 12.2. The van der Waals surface area contributed by atoms with Crippen molar-refractivity contribution in [1.82, 2.24) is 5.32 Å². The molecule has 3 N–H and O–H groups in total. The van der Waals surface area contributed by atoms with Gasteiger partial charge in [-0.25, -0.2) is 0 Å². The number of aliphatic hydroxyl groups excluding tert-OH is 2. The topological polar surface area (TPSA) is 69.6 Å². The van der Waals surface area contributed by atoms with Gasteiger partial charge in [0.25, 0.3) is 0 Å². The molecule has 2 unspecified atom stereocenters. The number of rotatable bonds is 28. The first-order chi connectivity index (χ1) is 18.7. The Morgan fingerprint density at radius 3 is 1.55 bits per heavy atom. The van der Waals surface area contributed by atoms with Crippen LogP contribution < -0.4 is 5.32 Å². The summed E-state index contributed by atoms with van der Waals surface area (Å²) in [4.78, 5) is 12.2. The first-order valence-corrected chi connectivity index (χ1v) is 16.2. The van der Waals surface area contributed by atoms with Crippen LogP contribution in [0.5, 0.6) is 0 Å². The van der Waals surface area contributed by atoms with E-state index in [0.29, 0.717) is 6.42 Å². The second kappa shape index (κ2) is 30.2. The zero-order valence-corrected chi connectivity index (χ0v) is 25.2. The molecule has 1 amide bonds. The third-order valence-electron chi connectivity index (χ3n) is 7.10. The van der Waals surface area contributed by atoms with E-state index < -0.39 is 12.1 Å². The second-order valence-electron chi connectivity index (χ2n) is 10.9. The predicted octanol–water partition coefficient (Wildman–Crippen LogP) is 9.12. The maximum atomic E-state index is 12.2. The van der Waals surface area contributed by atoms with E-state index in [2.05, 4.69) is 43.5 Å². The summed E-state index contributed by atoms with van der Waals surface area (Å²) in [5.41, 5.74) is 0. The van der Waals surface area contributed by atoms with Gasteiger partial charge in [0, 0.05) is 6.42 Å². The summed E-state index contributed by atoms with van der Waals surface area (Å²) >= 11 is 0. The van der Waals surface area contributed by atoms with Gasteiger partial charge in [-0.1, -0.05) is 127 Å². The molecule has 0 aromatic heterocycles. The zero-order valence-electron chi connectivity index (χ0n) is 25.2. The Labute approximate surface area is 236 Å². The van der Waals surface area contributed by atoms with Gasteiger partial charge in [0.2, 0.25) is 5.91 Å². The lowest BCUT2D eigenvalue weighted by Crippen LogP contribution is -2.45. The Morgan fingerprint density at radius 2 is 1.03 bits per heavy atom. The number of nitrogens with one attached hydrogen (secondary N) is 1. The maximum Gasteiger partial charge on any atom is 0.220 e. The van der Waals surface area contributed by atoms with Crippen molar-refractivity contribution in [3.8, 4) is 0 Å². The lowest BCUT2D eigenvalue weighted by Gasteiger charge is -2.19. The molecule has 38 heavy (non-hydrogen) atoms. The van der Waals surface area contributed by atoms with Gasteiger partial charge in [0.1, 0.15) is 0 Å². The molecule has 222 valence electrons. The highest BCUT2D eigenvalue weighted by molar-refractivity contribution is 5.76. The molecule has 2 atom stereocenters. The molecular weight excluding hydrogens is 470 g/mol. The van der Waals surface area contributed by atoms with Gasteiger partial charge in [-0.15, -0.1) is 0 Å². The van der Waals surface area contributed by atoms with Crippen LogP contribution >= 0.6 is 0 Å². The van der Waals surface area contributed by atoms with Crippen LogP contribution in [0.15, 0.2) is 36.5 Å². The number of unbranched alkanes of at least 4 members (excludes halogenated alkanes) is 17. The predicted molar refractivity (Wildman–Crippen MR) is 165 cm³/mol. The van der Waals surface area contributed by atoms with E-state index in [0.717, 1.165) is 44.9 Å². The van der Waals surface area contributed by atoms with Crippen LogP contribution in [0.2, 0.25) is 0 Å². The van der Waals surface area contributed by atoms with Crippen molar-refractivity contribution in [3.63, 3.8) is 0 Å². The third-order valence-corrected chi connectivity index (χ3v) is 7.10. The van der Waals surface area contributed by atoms with Crippen LogP contribution in [0.25, 0.3) is 0 Å². The molecule has 4 nitrogen and oxygen atoms in total. The van der Waals surface area contributed by atoms with Gasteiger partial charge < -0.3 is 15.5 Å². The minimum atomic E-state index is -0.861. The van der Waals surface area contributed by atoms with Crippen molar-refractivity contribution < 1.29 is 15.0 Å². The Kier molecular flexibility index (Phi) is 29.1. The molecular formula is C34H63NO3. The minimum absolute atomic E-state index is 0.0872. The summed E-state index contributed by atoms with van der Waals surface area (Å²) in [6.07, 6.45) is 37.9. The largest absolute Gasteiger partial charge is 0.394 e. The van der Waals surface area contributed by atoms with E-state index in [1.807, 2.05) is 6.08 Å². The summed E-state index contributed by atoms with van der Waals surface area (Å²) in [6.45, 7) is 4.24. The molecule has 0 bridgehead atoms. The van der Waals surface area contributed by atoms with Crippen molar-refractivity contribution in [2.75, 3.05) is 6.61 Å². The highest BCUT2D eigenvalue weighted by Crippen LogP contribution is 2.10. The molecule has 0 radical (unpaired) electrons. The molecule has 4 heteroatoms. The van der Waals surface area contributed by atoms with Crippen LogP contribution in [0.1, 0.15) is 155 Å². The Morgan fingerprint density at radius 1 is 0.605 bits per heavy atom. The molecule has 0 aromatic carbocycles. The monoisotopic (exact) mass is 533 g/mol. The van der Waals surface area contributed by atoms with E-state index in [9.17, 15) is 15.0 Å². The third kappa shape index (κ3) is 26.2. The van der Waals surface area contributed by atoms with E-state index in [1.54, 1.807) is 6.08 Å². The molecule has 0 aliphatic carbocycles. The van der Waals surface area contributed by atoms with Crippen molar-refractivity contribution in [2.45, 2.75) is 167 Å². The summed E-state index contributed by atoms with van der Waals surface area (Å²) < 4.78 is 0. The van der Waals surface area contributed by atoms with Crippen molar-refractivity contribution in [1.29, 1.82) is 0 Å². The van der Waals surface area contributed by atoms with E-state index >= 15 is 0 Å². The summed E-state index contributed by atoms with van der Waals surface area (Å²) in [7, 11) is 0. The van der Waals surface area contributed by atoms with Crippen LogP contribution in [-0.4, -0.2) is 34.9 Å². The Hall–Kier alpha value is -1.39. The molecule has 0 heterocycles. The molecule has 0 spiro atoms. The van der Waals surface area contributed by atoms with Gasteiger partial charge in [0.05, 0.1) is 18.8 Å². The molecule has 0 rings (SSSR count). The first kappa shape index (κ1) is 36.6. The lowest BCUT2D eigenvalue weighted by atomic mass is 10.1. The van der Waals surface area contributed by atoms with Gasteiger partial charge in [-0.05, 0) is 57.8 Å². The molecule has 0 saturated heterocycles. The lowest BCUT2D eigenvalue weighted by molar-refractivity contribution is -0.123. The Bertz CT molecular complexity index is 584. The molecule has 0 aliphatic heterocycles. The summed E-state index contributed by atoms with van der Waals surface area (Å²) in [6, 6.07) is -0.639. The number of amides is 1. The van der Waals surface area contributed by atoms with E-state index in [4.69, 9.17) is 0 Å². The van der Waals surface area contributed by atoms with Crippen molar-refractivity contribution in [3.05, 3.63) is 36.5 Å². The van der Waals surface area contributed by atoms with Gasteiger partial charge >= 0.3 is 0 Å². The Balaban J connectivity index is 3.75. The highest BCUT2D eigenvalue weighted by atomic mass is 16.3. The van der Waals surface area contributed by atoms with Crippen molar-refractivity contribution >= 4 is 5.91 Å². The van der Waals surface area contributed by atoms with Gasteiger partial charge in [-0.2, -0.15) is 0 Å². The van der Waals surface area contributed by atoms with Crippen LogP contribution in [0, 0.1) is 0 Å². The fourth-order valence-corrected chi connectivity index (χ4v) is 4.54. The average Bonchev–Trinajstić information content (AvgIpc) is 2.92. The zero-order chi connectivity index (χ0) is 27.9. The molecule has 0 aromatic rings. The minimum Gasteiger partial charge on any atom is -0.394 e. The summed E-state index contributed by atoms with van der Waals surface area (Å²) in [5, 5.41) is 22.7. The number of carbonyl (C=O) groups excluding carboxylic acids is 1. The number of aliphatic hydroxyl groups is 2. The standard InChI is InChI=1S/C34H63NO3/c1-3-5-7-9-11-13-15-17-19-21-23-25-27-29-33(37)32(31-36)35-34(38)30-28-26-24-22-20-18-16-14-12-10-8-6-4-2/h14,16,19,21,27,29,32-33,36-37H,3-13,15,17-18,20,22-26,28,30-31H2,1-2H3,(H,35,38)/b16-14-,21-19+,29-27+. The van der Waals surface area contributed by atoms with Crippen LogP contribution in [0.4, 0.5) is 0 Å². The van der Waals surface area contributed by atoms with Crippen LogP contribution in [-0.2, 0) is 4.79 Å². The van der Waals surface area contributed by atoms with Gasteiger partial charge in [-0.3, -0.25) is 4.79 Å². The van der Waals surface area contributed by atoms with Gasteiger partial charge in [0.15, 0.2) is 0 Å². The first-order valence-electron chi connectivity index (χ1n) is 16.2.